The highest BCUT2D eigenvalue weighted by atomic mass is 19.1. The van der Waals surface area contributed by atoms with Crippen LogP contribution in [0.25, 0.3) is 10.9 Å². The van der Waals surface area contributed by atoms with Gasteiger partial charge in [0.05, 0.1) is 25.4 Å². The Hall–Kier alpha value is -3.23. The lowest BCUT2D eigenvalue weighted by molar-refractivity contribution is 0.0365. The number of H-pyrrole nitrogens is 1. The normalized spacial score (nSPS) is 14.4. The SMILES string of the molecule is Cc1ccc2cc(CN(CCCN3CCOCC3)C(=O)Nc3ccccc3F)c(=O)[nH]c2c1. The molecule has 1 aliphatic rings. The van der Waals surface area contributed by atoms with Gasteiger partial charge in [0.15, 0.2) is 0 Å². The van der Waals surface area contributed by atoms with Crippen molar-refractivity contribution in [3.8, 4) is 0 Å². The van der Waals surface area contributed by atoms with Gasteiger partial charge in [-0.1, -0.05) is 24.3 Å². The number of morpholine rings is 1. The summed E-state index contributed by atoms with van der Waals surface area (Å²) in [4.78, 5) is 32.6. The van der Waals surface area contributed by atoms with Crippen LogP contribution in [0, 0.1) is 12.7 Å². The number of fused-ring (bicyclic) bond motifs is 1. The van der Waals surface area contributed by atoms with E-state index in [1.54, 1.807) is 17.0 Å². The van der Waals surface area contributed by atoms with Crippen molar-refractivity contribution >= 4 is 22.6 Å². The zero-order valence-electron chi connectivity index (χ0n) is 18.8. The standard InChI is InChI=1S/C25H29FN4O3/c1-18-7-8-19-16-20(24(31)27-23(19)15-18)17-30(10-4-9-29-11-13-33-14-12-29)25(32)28-22-6-3-2-5-21(22)26/h2-3,5-8,15-16H,4,9-14,17H2,1H3,(H,27,31)(H,28,32). The fourth-order valence-electron chi connectivity index (χ4n) is 4.00. The van der Waals surface area contributed by atoms with Crippen LogP contribution in [0.3, 0.4) is 0 Å². The summed E-state index contributed by atoms with van der Waals surface area (Å²) in [5.74, 6) is -0.502. The van der Waals surface area contributed by atoms with Gasteiger partial charge in [0, 0.05) is 37.3 Å². The van der Waals surface area contributed by atoms with Crippen molar-refractivity contribution in [2.24, 2.45) is 0 Å². The van der Waals surface area contributed by atoms with Crippen molar-refractivity contribution in [2.45, 2.75) is 19.9 Å². The summed E-state index contributed by atoms with van der Waals surface area (Å²) in [7, 11) is 0. The number of para-hydroxylation sites is 1. The first-order chi connectivity index (χ1) is 16.0. The van der Waals surface area contributed by atoms with Crippen LogP contribution >= 0.6 is 0 Å². The van der Waals surface area contributed by atoms with Crippen molar-refractivity contribution < 1.29 is 13.9 Å². The predicted octanol–water partition coefficient (Wildman–Crippen LogP) is 3.73. The molecule has 8 heteroatoms. The van der Waals surface area contributed by atoms with Gasteiger partial charge < -0.3 is 19.9 Å². The second kappa shape index (κ2) is 10.6. The number of pyridine rings is 1. The topological polar surface area (TPSA) is 77.7 Å². The fraction of sp³-hybridized carbons (Fsp3) is 0.360. The molecule has 1 aliphatic heterocycles. The van der Waals surface area contributed by atoms with E-state index in [-0.39, 0.29) is 17.8 Å². The maximum atomic E-state index is 14.1. The quantitative estimate of drug-likeness (QED) is 0.573. The molecule has 0 bridgehead atoms. The van der Waals surface area contributed by atoms with E-state index >= 15 is 0 Å². The molecule has 0 radical (unpaired) electrons. The number of aromatic amines is 1. The van der Waals surface area contributed by atoms with Gasteiger partial charge in [0.1, 0.15) is 5.82 Å². The number of aromatic nitrogens is 1. The van der Waals surface area contributed by atoms with Crippen molar-refractivity contribution in [3.05, 3.63) is 75.8 Å². The van der Waals surface area contributed by atoms with Crippen molar-refractivity contribution in [1.82, 2.24) is 14.8 Å². The van der Waals surface area contributed by atoms with Gasteiger partial charge in [-0.2, -0.15) is 0 Å². The maximum absolute atomic E-state index is 14.1. The second-order valence-electron chi connectivity index (χ2n) is 8.35. The number of rotatable bonds is 7. The first-order valence-corrected chi connectivity index (χ1v) is 11.2. The molecule has 174 valence electrons. The third-order valence-corrected chi connectivity index (χ3v) is 5.85. The molecule has 1 aromatic heterocycles. The number of hydrogen-bond donors (Lipinski definition) is 2. The summed E-state index contributed by atoms with van der Waals surface area (Å²) in [5, 5.41) is 3.55. The lowest BCUT2D eigenvalue weighted by atomic mass is 10.1. The molecule has 0 saturated carbocycles. The van der Waals surface area contributed by atoms with E-state index in [4.69, 9.17) is 4.74 Å². The number of hydrogen-bond acceptors (Lipinski definition) is 4. The molecular weight excluding hydrogens is 423 g/mol. The van der Waals surface area contributed by atoms with E-state index in [2.05, 4.69) is 15.2 Å². The summed E-state index contributed by atoms with van der Waals surface area (Å²) in [6.45, 7) is 6.50. The fourth-order valence-corrected chi connectivity index (χ4v) is 4.00. The van der Waals surface area contributed by atoms with E-state index in [0.29, 0.717) is 25.3 Å². The predicted molar refractivity (Wildman–Crippen MR) is 127 cm³/mol. The molecule has 0 atom stereocenters. The first-order valence-electron chi connectivity index (χ1n) is 11.2. The zero-order chi connectivity index (χ0) is 23.2. The van der Waals surface area contributed by atoms with Gasteiger partial charge in [-0.15, -0.1) is 0 Å². The molecule has 7 nitrogen and oxygen atoms in total. The van der Waals surface area contributed by atoms with Gasteiger partial charge in [-0.3, -0.25) is 9.69 Å². The lowest BCUT2D eigenvalue weighted by Crippen LogP contribution is -2.40. The van der Waals surface area contributed by atoms with E-state index in [9.17, 15) is 14.0 Å². The minimum atomic E-state index is -0.502. The van der Waals surface area contributed by atoms with Gasteiger partial charge in [-0.25, -0.2) is 9.18 Å². The van der Waals surface area contributed by atoms with E-state index in [1.165, 1.54) is 12.1 Å². The molecule has 0 unspecified atom stereocenters. The van der Waals surface area contributed by atoms with E-state index < -0.39 is 11.8 Å². The summed E-state index contributed by atoms with van der Waals surface area (Å²) >= 11 is 0. The highest BCUT2D eigenvalue weighted by Crippen LogP contribution is 2.16. The number of amides is 2. The van der Waals surface area contributed by atoms with E-state index in [1.807, 2.05) is 31.2 Å². The third-order valence-electron chi connectivity index (χ3n) is 5.85. The van der Waals surface area contributed by atoms with Gasteiger partial charge >= 0.3 is 6.03 Å². The number of halogens is 1. The molecule has 3 aromatic rings. The first kappa shape index (κ1) is 22.9. The Kier molecular flexibility index (Phi) is 7.36. The summed E-state index contributed by atoms with van der Waals surface area (Å²) in [6.07, 6.45) is 0.732. The number of carbonyl (C=O) groups excluding carboxylic acids is 1. The molecule has 2 heterocycles. The van der Waals surface area contributed by atoms with Crippen LogP contribution in [0.2, 0.25) is 0 Å². The number of benzene rings is 2. The third kappa shape index (κ3) is 5.97. The Bertz CT molecular complexity index is 1170. The number of nitrogens with one attached hydrogen (secondary N) is 2. The molecule has 33 heavy (non-hydrogen) atoms. The number of ether oxygens (including phenoxy) is 1. The number of anilines is 1. The molecular formula is C25H29FN4O3. The van der Waals surface area contributed by atoms with Gasteiger partial charge in [0.2, 0.25) is 0 Å². The highest BCUT2D eigenvalue weighted by molar-refractivity contribution is 5.89. The number of carbonyl (C=O) groups is 1. The molecule has 1 saturated heterocycles. The van der Waals surface area contributed by atoms with Crippen LogP contribution < -0.4 is 10.9 Å². The molecule has 2 aromatic carbocycles. The average molecular weight is 453 g/mol. The minimum Gasteiger partial charge on any atom is -0.379 e. The van der Waals surface area contributed by atoms with Crippen molar-refractivity contribution in [2.75, 3.05) is 44.7 Å². The molecule has 2 N–H and O–H groups in total. The lowest BCUT2D eigenvalue weighted by Gasteiger charge is -2.28. The van der Waals surface area contributed by atoms with Crippen LogP contribution in [-0.2, 0) is 11.3 Å². The van der Waals surface area contributed by atoms with Gasteiger partial charge in [-0.05, 0) is 48.6 Å². The largest absolute Gasteiger partial charge is 0.379 e. The molecule has 0 spiro atoms. The molecule has 0 aliphatic carbocycles. The summed E-state index contributed by atoms with van der Waals surface area (Å²) in [6, 6.07) is 13.3. The average Bonchev–Trinajstić information content (AvgIpc) is 2.81. The number of aryl methyl sites for hydroxylation is 1. The van der Waals surface area contributed by atoms with Crippen LogP contribution in [0.15, 0.2) is 53.3 Å². The number of urea groups is 1. The summed E-state index contributed by atoms with van der Waals surface area (Å²) in [5.41, 5.74) is 2.19. The van der Waals surface area contributed by atoms with Gasteiger partial charge in [0.25, 0.3) is 5.56 Å². The summed E-state index contributed by atoms with van der Waals surface area (Å²) < 4.78 is 19.5. The van der Waals surface area contributed by atoms with E-state index in [0.717, 1.165) is 42.5 Å². The Balaban J connectivity index is 1.52. The number of nitrogens with zero attached hydrogens (tertiary/aromatic N) is 2. The van der Waals surface area contributed by atoms with Crippen LogP contribution in [0.5, 0.6) is 0 Å². The monoisotopic (exact) mass is 452 g/mol. The Morgan fingerprint density at radius 1 is 1.18 bits per heavy atom. The Morgan fingerprint density at radius 3 is 2.76 bits per heavy atom. The van der Waals surface area contributed by atoms with Crippen LogP contribution in [0.1, 0.15) is 17.5 Å². The highest BCUT2D eigenvalue weighted by Gasteiger charge is 2.19. The zero-order valence-corrected chi connectivity index (χ0v) is 18.8. The second-order valence-corrected chi connectivity index (χ2v) is 8.35. The van der Waals surface area contributed by atoms with Crippen molar-refractivity contribution in [1.29, 1.82) is 0 Å². The minimum absolute atomic E-state index is 0.114. The molecule has 2 amide bonds. The Labute approximate surface area is 192 Å². The molecule has 4 rings (SSSR count). The van der Waals surface area contributed by atoms with Crippen LogP contribution in [0.4, 0.5) is 14.9 Å². The maximum Gasteiger partial charge on any atom is 0.322 e. The van der Waals surface area contributed by atoms with Crippen molar-refractivity contribution in [3.63, 3.8) is 0 Å². The smallest absolute Gasteiger partial charge is 0.322 e. The molecule has 1 fully saturated rings. The Morgan fingerprint density at radius 2 is 1.97 bits per heavy atom. The van der Waals surface area contributed by atoms with Crippen LogP contribution in [-0.4, -0.2) is 60.2 Å².